The molecule has 16 rings (SSSR count). The van der Waals surface area contributed by atoms with E-state index in [0.717, 1.165) is 83.2 Å². The van der Waals surface area contributed by atoms with Gasteiger partial charge in [-0.25, -0.2) is 0 Å². The first-order valence-corrected chi connectivity index (χ1v) is 29.9. The molecule has 0 amide bonds. The van der Waals surface area contributed by atoms with E-state index in [4.69, 9.17) is 8.83 Å². The number of fused-ring (bicyclic) bond motifs is 5. The molecule has 0 aliphatic heterocycles. The van der Waals surface area contributed by atoms with Gasteiger partial charge in [-0.1, -0.05) is 138 Å². The first-order chi connectivity index (χ1) is 43.3. The molecule has 0 fully saturated rings. The second-order valence-electron chi connectivity index (χ2n) is 20.1. The molecule has 0 saturated heterocycles. The maximum absolute atomic E-state index is 12.3. The molecule has 10 aromatic carbocycles. The fraction of sp³-hybridized carbons (Fsp3) is 0.0390. The third kappa shape index (κ3) is 19.2. The van der Waals surface area contributed by atoms with Crippen LogP contribution in [0.4, 0.5) is 5.69 Å². The van der Waals surface area contributed by atoms with Gasteiger partial charge in [0.1, 0.15) is 11.7 Å². The van der Waals surface area contributed by atoms with Crippen LogP contribution in [0.3, 0.4) is 0 Å². The van der Waals surface area contributed by atoms with Gasteiger partial charge in [-0.2, -0.15) is 58.6 Å². The molecule has 93 heavy (non-hydrogen) atoms. The first-order valence-electron chi connectivity index (χ1n) is 28.3. The minimum absolute atomic E-state index is 0. The van der Waals surface area contributed by atoms with Crippen molar-refractivity contribution in [3.8, 4) is 55.2 Å². The fourth-order valence-electron chi connectivity index (χ4n) is 9.34. The molecule has 6 aromatic heterocycles. The van der Waals surface area contributed by atoms with E-state index in [9.17, 15) is 4.79 Å². The van der Waals surface area contributed by atoms with Gasteiger partial charge in [0.2, 0.25) is 0 Å². The molecule has 0 aliphatic carbocycles. The number of pyridine rings is 2. The van der Waals surface area contributed by atoms with Gasteiger partial charge in [0.15, 0.2) is 0 Å². The van der Waals surface area contributed by atoms with Crippen molar-refractivity contribution < 1.29 is 109 Å². The fourth-order valence-corrected chi connectivity index (χ4v) is 11.2. The average Bonchev–Trinajstić information content (AvgIpc) is 1.84. The summed E-state index contributed by atoms with van der Waals surface area (Å²) in [6, 6.07) is 102. The maximum Gasteiger partial charge on any atom is 0.269 e. The number of benzene rings is 10. The van der Waals surface area contributed by atoms with Gasteiger partial charge in [0.05, 0.1) is 33.3 Å². The van der Waals surface area contributed by atoms with Crippen molar-refractivity contribution in [2.45, 2.75) is 6.42 Å². The Kier molecular flexibility index (Phi) is 28.2. The first kappa shape index (κ1) is 72.7. The molecule has 0 bridgehead atoms. The van der Waals surface area contributed by atoms with E-state index in [1.807, 2.05) is 231 Å². The van der Waals surface area contributed by atoms with Crippen LogP contribution in [-0.2, 0) is 107 Å². The van der Waals surface area contributed by atoms with Crippen LogP contribution in [0, 0.1) is 30.3 Å². The van der Waals surface area contributed by atoms with Crippen molar-refractivity contribution in [2.75, 3.05) is 19.0 Å². The Balaban J connectivity index is 0.000000164. The summed E-state index contributed by atoms with van der Waals surface area (Å²) in [5.41, 5.74) is 11.7. The Morgan fingerprint density at radius 3 is 1.73 bits per heavy atom. The van der Waals surface area contributed by atoms with Gasteiger partial charge in [-0.3, -0.25) is 29.7 Å². The van der Waals surface area contributed by atoms with E-state index >= 15 is 0 Å². The van der Waals surface area contributed by atoms with Gasteiger partial charge in [-0.15, -0.1) is 108 Å². The molecular weight excluding hydrogens is 2080 g/mol. The molecule has 9 nitrogen and oxygen atoms in total. The predicted molar refractivity (Wildman–Crippen MR) is 360 cm³/mol. The Bertz CT molecular complexity index is 4830. The summed E-state index contributed by atoms with van der Waals surface area (Å²) >= 11 is 3.19. The molecule has 0 aliphatic rings. The van der Waals surface area contributed by atoms with Gasteiger partial charge in [-0.05, 0) is 71.6 Å². The zero-order chi connectivity index (χ0) is 59.9. The maximum atomic E-state index is 12.3. The zero-order valence-electron chi connectivity index (χ0n) is 49.6. The van der Waals surface area contributed by atoms with Crippen LogP contribution in [0.15, 0.2) is 287 Å². The number of nitrogens with zero attached hydrogens (tertiary/aromatic N) is 6. The van der Waals surface area contributed by atoms with E-state index in [-0.39, 0.29) is 101 Å². The van der Waals surface area contributed by atoms with Crippen LogP contribution in [0.5, 0.6) is 0 Å². The third-order valence-electron chi connectivity index (χ3n) is 13.8. The number of oxazole rings is 1. The molecule has 0 N–H and O–H groups in total. The smallest absolute Gasteiger partial charge is 0.269 e. The molecule has 0 unspecified atom stereocenters. The molecule has 5 radical (unpaired) electrons. The van der Waals surface area contributed by atoms with Crippen LogP contribution >= 0.6 is 22.7 Å². The number of rotatable bonds is 8. The van der Waals surface area contributed by atoms with Crippen molar-refractivity contribution in [1.29, 1.82) is 0 Å². The Labute approximate surface area is 615 Å². The van der Waals surface area contributed by atoms with Crippen molar-refractivity contribution in [2.24, 2.45) is 0 Å². The Morgan fingerprint density at radius 1 is 0.473 bits per heavy atom. The van der Waals surface area contributed by atoms with Crippen molar-refractivity contribution >= 4 is 81.4 Å². The van der Waals surface area contributed by atoms with Gasteiger partial charge in [0.25, 0.3) is 5.63 Å². The summed E-state index contributed by atoms with van der Waals surface area (Å²) in [7, 11) is 3.89. The molecule has 471 valence electrons. The van der Waals surface area contributed by atoms with Gasteiger partial charge < -0.3 is 13.7 Å². The minimum atomic E-state index is -0.410. The topological polar surface area (TPSA) is 111 Å². The predicted octanol–water partition coefficient (Wildman–Crippen LogP) is 18.8. The molecule has 16 aromatic rings. The van der Waals surface area contributed by atoms with E-state index in [2.05, 4.69) is 110 Å². The summed E-state index contributed by atoms with van der Waals surface area (Å²) in [5, 5.41) is 6.06. The SMILES string of the molecule is CN(C)c1ccc2[c-]c(-c3nc4ccccc4s3)c(=O)oc2c1.[Ir].[Ir].[Ir].[Ir].[Ir].[c-]1cc2ccccc2cc1-c1nc2ccccc2s1.[c-]1ccccc1-c1ccc2ccccc2n1.[c-]1ccccc1-c1ncc(-c2ccccc2)o1.[c-]1ccccc1Cc1ccccn1. The second kappa shape index (κ2) is 36.1. The van der Waals surface area contributed by atoms with E-state index in [1.54, 1.807) is 17.5 Å². The average molecular weight is 2140 g/mol. The van der Waals surface area contributed by atoms with Crippen molar-refractivity contribution in [3.05, 3.63) is 325 Å². The van der Waals surface area contributed by atoms with E-state index < -0.39 is 5.63 Å². The molecule has 0 atom stereocenters. The van der Waals surface area contributed by atoms with Crippen LogP contribution in [0.25, 0.3) is 108 Å². The number of aromatic nitrogens is 5. The molecular formula is C77H53Ir5N6O3S2-5. The van der Waals surface area contributed by atoms with Gasteiger partial charge >= 0.3 is 0 Å². The monoisotopic (exact) mass is 2140 g/mol. The van der Waals surface area contributed by atoms with E-state index in [1.165, 1.54) is 37.8 Å². The molecule has 0 saturated carbocycles. The standard InChI is InChI=1S/C18H13N2O2S.C17H10NS.C15H10NO.C15H10N.C12H10N.5Ir/c1-20(2)12-8-7-11-9-13(18(21)22-15(11)10-12)17-19-14-5-3-4-6-16(14)23-17;1-2-6-13-11-14(10-9-12(13)5-1)17-18-15-7-3-4-8-16(15)19-17;1-3-7-12(8-4-1)14-11-16-15(17-14)13-9-5-2-6-10-13;1-2-6-12(7-3-1)15-11-10-13-8-4-5-9-14(13)16-15;1-2-6-11(7-3-1)10-12-8-4-5-9-13-12;;;;;/h3-8,10H,1-2H3;1-9,11H;1-9,11H;1-6,8-11H;1-6,8-9H,10H2;;;;;/q5*-1;;;;;. The van der Waals surface area contributed by atoms with Crippen LogP contribution in [0.2, 0.25) is 0 Å². The normalized spacial score (nSPS) is 10.1. The third-order valence-corrected chi connectivity index (χ3v) is 15.9. The molecule has 16 heteroatoms. The molecule has 0 spiro atoms. The van der Waals surface area contributed by atoms with Crippen LogP contribution < -0.4 is 10.5 Å². The van der Waals surface area contributed by atoms with Crippen molar-refractivity contribution in [1.82, 2.24) is 24.9 Å². The summed E-state index contributed by atoms with van der Waals surface area (Å²) in [4.78, 5) is 36.6. The Hall–Kier alpha value is -7.73. The summed E-state index contributed by atoms with van der Waals surface area (Å²) in [5.74, 6) is 1.38. The minimum Gasteiger partial charge on any atom is -0.496 e. The number of para-hydroxylation sites is 3. The Morgan fingerprint density at radius 2 is 1.08 bits per heavy atom. The summed E-state index contributed by atoms with van der Waals surface area (Å²) < 4.78 is 13.5. The second-order valence-corrected chi connectivity index (χ2v) is 22.2. The quantitative estimate of drug-likeness (QED) is 0.108. The summed E-state index contributed by atoms with van der Waals surface area (Å²) in [6.45, 7) is 0. The number of hydrogen-bond donors (Lipinski definition) is 0. The van der Waals surface area contributed by atoms with Crippen LogP contribution in [0.1, 0.15) is 11.3 Å². The largest absolute Gasteiger partial charge is 0.496 e. The number of anilines is 1. The van der Waals surface area contributed by atoms with Crippen molar-refractivity contribution in [3.63, 3.8) is 0 Å². The van der Waals surface area contributed by atoms with E-state index in [0.29, 0.717) is 22.0 Å². The number of hydrogen-bond acceptors (Lipinski definition) is 11. The number of thiazole rings is 2. The molecule has 6 heterocycles. The summed E-state index contributed by atoms with van der Waals surface area (Å²) in [6.07, 6.45) is 4.42. The van der Waals surface area contributed by atoms with Crippen LogP contribution in [-0.4, -0.2) is 39.0 Å². The zero-order valence-corrected chi connectivity index (χ0v) is 63.2. The van der Waals surface area contributed by atoms with Gasteiger partial charge in [0, 0.05) is 152 Å².